The van der Waals surface area contributed by atoms with E-state index in [-0.39, 0.29) is 17.9 Å². The number of hydrogen-bond donors (Lipinski definition) is 2. The summed E-state index contributed by atoms with van der Waals surface area (Å²) in [7, 11) is 0. The van der Waals surface area contributed by atoms with Crippen LogP contribution in [-0.2, 0) is 9.53 Å². The summed E-state index contributed by atoms with van der Waals surface area (Å²) in [5, 5.41) is 3.01. The highest BCUT2D eigenvalue weighted by Crippen LogP contribution is 2.25. The Balaban J connectivity index is 2.43. The van der Waals surface area contributed by atoms with E-state index in [4.69, 9.17) is 10.5 Å². The number of carbonyl (C=O) groups excluding carboxylic acids is 1. The van der Waals surface area contributed by atoms with Gasteiger partial charge in [-0.2, -0.15) is 0 Å². The summed E-state index contributed by atoms with van der Waals surface area (Å²) in [6, 6.07) is -0.396. The second kappa shape index (κ2) is 7.85. The first-order valence-corrected chi connectivity index (χ1v) is 7.62. The molecule has 1 aliphatic rings. The number of carbonyl (C=O) groups is 1. The van der Waals surface area contributed by atoms with E-state index in [0.717, 1.165) is 25.9 Å². The van der Waals surface area contributed by atoms with Crippen LogP contribution in [0, 0.1) is 17.8 Å². The van der Waals surface area contributed by atoms with Gasteiger partial charge in [0.25, 0.3) is 0 Å². The van der Waals surface area contributed by atoms with Crippen molar-refractivity contribution >= 4 is 5.91 Å². The van der Waals surface area contributed by atoms with Crippen LogP contribution in [0.2, 0.25) is 0 Å². The summed E-state index contributed by atoms with van der Waals surface area (Å²) < 4.78 is 5.83. The molecule has 0 saturated carbocycles. The molecule has 0 aromatic heterocycles. The van der Waals surface area contributed by atoms with Crippen LogP contribution in [0.1, 0.15) is 47.0 Å². The topological polar surface area (TPSA) is 64.4 Å². The molecule has 0 radical (unpaired) electrons. The fourth-order valence-electron chi connectivity index (χ4n) is 2.68. The molecular formula is C15H30N2O2. The van der Waals surface area contributed by atoms with Crippen molar-refractivity contribution in [3.63, 3.8) is 0 Å². The minimum absolute atomic E-state index is 0.0255. The molecule has 0 aromatic rings. The molecule has 4 unspecified atom stereocenters. The molecule has 0 bridgehead atoms. The van der Waals surface area contributed by atoms with Gasteiger partial charge in [-0.15, -0.1) is 0 Å². The molecule has 1 saturated heterocycles. The Morgan fingerprint density at radius 3 is 2.68 bits per heavy atom. The molecule has 1 amide bonds. The van der Waals surface area contributed by atoms with Crippen LogP contribution in [0.4, 0.5) is 0 Å². The van der Waals surface area contributed by atoms with Crippen molar-refractivity contribution < 1.29 is 9.53 Å². The lowest BCUT2D eigenvalue weighted by Gasteiger charge is -2.34. The van der Waals surface area contributed by atoms with Crippen LogP contribution >= 0.6 is 0 Å². The molecule has 112 valence electrons. The zero-order valence-corrected chi connectivity index (χ0v) is 12.8. The van der Waals surface area contributed by atoms with Gasteiger partial charge in [0, 0.05) is 19.1 Å². The van der Waals surface area contributed by atoms with E-state index in [9.17, 15) is 4.79 Å². The Morgan fingerprint density at radius 2 is 2.11 bits per heavy atom. The summed E-state index contributed by atoms with van der Waals surface area (Å²) in [6.07, 6.45) is 3.40. The average Bonchev–Trinajstić information content (AvgIpc) is 2.43. The van der Waals surface area contributed by atoms with E-state index in [1.165, 1.54) is 0 Å². The van der Waals surface area contributed by atoms with Crippen LogP contribution in [0.3, 0.4) is 0 Å². The number of amides is 1. The third kappa shape index (κ3) is 4.77. The lowest BCUT2D eigenvalue weighted by Crippen LogP contribution is -2.48. The van der Waals surface area contributed by atoms with Gasteiger partial charge in [0.05, 0.1) is 12.1 Å². The SMILES string of the molecule is CCC(C)C(N)C(=O)NCC1CCCOC1C(C)C. The molecule has 0 aliphatic carbocycles. The van der Waals surface area contributed by atoms with Gasteiger partial charge < -0.3 is 15.8 Å². The highest BCUT2D eigenvalue weighted by Gasteiger charge is 2.29. The van der Waals surface area contributed by atoms with Crippen molar-refractivity contribution in [2.45, 2.75) is 59.1 Å². The first kappa shape index (κ1) is 16.4. The molecular weight excluding hydrogens is 240 g/mol. The van der Waals surface area contributed by atoms with E-state index in [1.54, 1.807) is 0 Å². The zero-order chi connectivity index (χ0) is 14.4. The summed E-state index contributed by atoms with van der Waals surface area (Å²) in [5.41, 5.74) is 5.94. The summed E-state index contributed by atoms with van der Waals surface area (Å²) >= 11 is 0. The standard InChI is InChI=1S/C15H30N2O2/c1-5-11(4)13(16)15(18)17-9-12-7-6-8-19-14(12)10(2)3/h10-14H,5-9,16H2,1-4H3,(H,17,18). The third-order valence-electron chi connectivity index (χ3n) is 4.25. The van der Waals surface area contributed by atoms with Crippen LogP contribution in [0.5, 0.6) is 0 Å². The normalized spacial score (nSPS) is 27.1. The lowest BCUT2D eigenvalue weighted by atomic mass is 9.87. The number of rotatable bonds is 6. The minimum atomic E-state index is -0.396. The number of nitrogens with two attached hydrogens (primary N) is 1. The van der Waals surface area contributed by atoms with Crippen LogP contribution < -0.4 is 11.1 Å². The van der Waals surface area contributed by atoms with Crippen LogP contribution in [-0.4, -0.2) is 31.2 Å². The van der Waals surface area contributed by atoms with Gasteiger partial charge in [-0.3, -0.25) is 4.79 Å². The first-order chi connectivity index (χ1) is 8.97. The van der Waals surface area contributed by atoms with Gasteiger partial charge in [0.2, 0.25) is 5.91 Å². The number of hydrogen-bond acceptors (Lipinski definition) is 3. The summed E-state index contributed by atoms with van der Waals surface area (Å²) in [6.45, 7) is 9.96. The molecule has 4 atom stereocenters. The molecule has 4 nitrogen and oxygen atoms in total. The number of nitrogens with one attached hydrogen (secondary N) is 1. The maximum Gasteiger partial charge on any atom is 0.237 e. The third-order valence-corrected chi connectivity index (χ3v) is 4.25. The molecule has 3 N–H and O–H groups in total. The van der Waals surface area contributed by atoms with Gasteiger partial charge in [-0.25, -0.2) is 0 Å². The summed E-state index contributed by atoms with van der Waals surface area (Å²) in [5.74, 6) is 1.11. The van der Waals surface area contributed by atoms with Crippen molar-refractivity contribution in [3.8, 4) is 0 Å². The molecule has 1 rings (SSSR count). The smallest absolute Gasteiger partial charge is 0.237 e. The van der Waals surface area contributed by atoms with Gasteiger partial charge in [-0.05, 0) is 24.7 Å². The predicted octanol–water partition coefficient (Wildman–Crippen LogP) is 1.93. The zero-order valence-electron chi connectivity index (χ0n) is 12.8. The quantitative estimate of drug-likeness (QED) is 0.775. The number of ether oxygens (including phenoxy) is 1. The Bertz CT molecular complexity index is 281. The monoisotopic (exact) mass is 270 g/mol. The summed E-state index contributed by atoms with van der Waals surface area (Å²) in [4.78, 5) is 12.0. The highest BCUT2D eigenvalue weighted by atomic mass is 16.5. The molecule has 1 heterocycles. The fourth-order valence-corrected chi connectivity index (χ4v) is 2.68. The first-order valence-electron chi connectivity index (χ1n) is 7.62. The molecule has 1 aliphatic heterocycles. The maximum absolute atomic E-state index is 12.0. The van der Waals surface area contributed by atoms with Crippen molar-refractivity contribution in [2.75, 3.05) is 13.2 Å². The molecule has 0 spiro atoms. The molecule has 1 fully saturated rings. The second-order valence-electron chi connectivity index (χ2n) is 6.14. The van der Waals surface area contributed by atoms with Crippen LogP contribution in [0.25, 0.3) is 0 Å². The van der Waals surface area contributed by atoms with Crippen molar-refractivity contribution in [1.82, 2.24) is 5.32 Å². The van der Waals surface area contributed by atoms with Gasteiger partial charge in [0.1, 0.15) is 0 Å². The Kier molecular flexibility index (Phi) is 6.80. The predicted molar refractivity (Wildman–Crippen MR) is 77.7 cm³/mol. The van der Waals surface area contributed by atoms with E-state index in [0.29, 0.717) is 18.4 Å². The van der Waals surface area contributed by atoms with Gasteiger partial charge >= 0.3 is 0 Å². The molecule has 4 heteroatoms. The Hall–Kier alpha value is -0.610. The van der Waals surface area contributed by atoms with E-state index >= 15 is 0 Å². The maximum atomic E-state index is 12.0. The van der Waals surface area contributed by atoms with E-state index in [1.807, 2.05) is 6.92 Å². The fraction of sp³-hybridized carbons (Fsp3) is 0.933. The van der Waals surface area contributed by atoms with Crippen LogP contribution in [0.15, 0.2) is 0 Å². The molecule has 19 heavy (non-hydrogen) atoms. The van der Waals surface area contributed by atoms with Gasteiger partial charge in [-0.1, -0.05) is 34.1 Å². The highest BCUT2D eigenvalue weighted by molar-refractivity contribution is 5.81. The van der Waals surface area contributed by atoms with Crippen molar-refractivity contribution in [2.24, 2.45) is 23.5 Å². The molecule has 0 aromatic carbocycles. The largest absolute Gasteiger partial charge is 0.378 e. The Morgan fingerprint density at radius 1 is 1.42 bits per heavy atom. The van der Waals surface area contributed by atoms with Crippen molar-refractivity contribution in [3.05, 3.63) is 0 Å². The minimum Gasteiger partial charge on any atom is -0.378 e. The second-order valence-corrected chi connectivity index (χ2v) is 6.14. The van der Waals surface area contributed by atoms with Gasteiger partial charge in [0.15, 0.2) is 0 Å². The van der Waals surface area contributed by atoms with E-state index < -0.39 is 6.04 Å². The average molecular weight is 270 g/mol. The lowest BCUT2D eigenvalue weighted by molar-refractivity contribution is -0.124. The Labute approximate surface area is 117 Å². The van der Waals surface area contributed by atoms with Crippen molar-refractivity contribution in [1.29, 1.82) is 0 Å². The van der Waals surface area contributed by atoms with E-state index in [2.05, 4.69) is 26.1 Å².